The van der Waals surface area contributed by atoms with Gasteiger partial charge in [0.1, 0.15) is 11.6 Å². The molecule has 0 saturated heterocycles. The molecule has 36 heavy (non-hydrogen) atoms. The van der Waals surface area contributed by atoms with Crippen molar-refractivity contribution >= 4 is 11.4 Å². The lowest BCUT2D eigenvalue weighted by molar-refractivity contribution is 0.0732. The molecular weight excluding hydrogens is 456 g/mol. The van der Waals surface area contributed by atoms with E-state index in [-0.39, 0.29) is 17.4 Å². The van der Waals surface area contributed by atoms with Crippen LogP contribution in [-0.2, 0) is 13.0 Å². The largest absolute Gasteiger partial charge is 0.334 e. The zero-order chi connectivity index (χ0) is 25.7. The first-order valence-corrected chi connectivity index (χ1v) is 12.5. The van der Waals surface area contributed by atoms with Crippen LogP contribution in [0.3, 0.4) is 0 Å². The van der Waals surface area contributed by atoms with Crippen LogP contribution in [0.25, 0.3) is 16.6 Å². The smallest absolute Gasteiger partial charge is 0.256 e. The summed E-state index contributed by atoms with van der Waals surface area (Å²) in [4.78, 5) is 15.7. The van der Waals surface area contributed by atoms with E-state index in [1.807, 2.05) is 18.7 Å². The van der Waals surface area contributed by atoms with E-state index in [1.54, 1.807) is 23.6 Å². The second-order valence-corrected chi connectivity index (χ2v) is 10.3. The fraction of sp³-hybridized carbons (Fsp3) is 0.333. The van der Waals surface area contributed by atoms with E-state index in [9.17, 15) is 13.6 Å². The van der Waals surface area contributed by atoms with Gasteiger partial charge in [0.15, 0.2) is 0 Å². The number of aromatic nitrogens is 2. The minimum atomic E-state index is -0.633. The highest BCUT2D eigenvalue weighted by Gasteiger charge is 2.28. The molecule has 0 saturated carbocycles. The number of pyridine rings is 1. The van der Waals surface area contributed by atoms with Crippen LogP contribution in [0.1, 0.15) is 78.0 Å². The summed E-state index contributed by atoms with van der Waals surface area (Å²) in [5, 5.41) is 4.66. The van der Waals surface area contributed by atoms with Crippen LogP contribution in [0.4, 0.5) is 8.78 Å². The summed E-state index contributed by atoms with van der Waals surface area (Å²) in [6.07, 6.45) is 0.818. The molecule has 6 heteroatoms. The summed E-state index contributed by atoms with van der Waals surface area (Å²) in [6.45, 7) is 11.3. The zero-order valence-corrected chi connectivity index (χ0v) is 21.4. The predicted molar refractivity (Wildman–Crippen MR) is 138 cm³/mol. The van der Waals surface area contributed by atoms with Gasteiger partial charge in [0.2, 0.25) is 0 Å². The lowest BCUT2D eigenvalue weighted by Crippen LogP contribution is -2.37. The summed E-state index contributed by atoms with van der Waals surface area (Å²) in [5.41, 5.74) is 6.54. The van der Waals surface area contributed by atoms with Crippen molar-refractivity contribution in [1.82, 2.24) is 14.5 Å². The van der Waals surface area contributed by atoms with Crippen molar-refractivity contribution in [2.75, 3.05) is 6.54 Å². The molecule has 0 bridgehead atoms. The van der Waals surface area contributed by atoms with Crippen molar-refractivity contribution in [2.24, 2.45) is 0 Å². The number of nitrogens with zero attached hydrogens (tertiary/aromatic N) is 3. The van der Waals surface area contributed by atoms with Crippen LogP contribution in [0.15, 0.2) is 48.5 Å². The molecule has 1 aliphatic rings. The van der Waals surface area contributed by atoms with Gasteiger partial charge in [-0.25, -0.2) is 13.3 Å². The van der Waals surface area contributed by atoms with Gasteiger partial charge in [0, 0.05) is 18.7 Å². The molecule has 4 nitrogen and oxygen atoms in total. The fourth-order valence-electron chi connectivity index (χ4n) is 5.30. The minimum Gasteiger partial charge on any atom is -0.334 e. The topological polar surface area (TPSA) is 37.6 Å². The molecule has 0 spiro atoms. The first kappa shape index (κ1) is 24.2. The first-order valence-electron chi connectivity index (χ1n) is 12.5. The molecular formula is C30H31F2N3O. The minimum absolute atomic E-state index is 0.0315. The van der Waals surface area contributed by atoms with Crippen molar-refractivity contribution in [3.05, 3.63) is 93.8 Å². The summed E-state index contributed by atoms with van der Waals surface area (Å²) in [6, 6.07) is 14.0. The van der Waals surface area contributed by atoms with Gasteiger partial charge >= 0.3 is 0 Å². The Morgan fingerprint density at radius 3 is 2.31 bits per heavy atom. The predicted octanol–water partition coefficient (Wildman–Crippen LogP) is 7.03. The van der Waals surface area contributed by atoms with E-state index in [4.69, 9.17) is 0 Å². The molecule has 0 fully saturated rings. The summed E-state index contributed by atoms with van der Waals surface area (Å²) in [5.74, 6) is -0.879. The normalized spacial score (nSPS) is 13.6. The van der Waals surface area contributed by atoms with Crippen LogP contribution in [0.2, 0.25) is 0 Å². The third-order valence-electron chi connectivity index (χ3n) is 7.19. The van der Waals surface area contributed by atoms with Crippen molar-refractivity contribution in [3.63, 3.8) is 0 Å². The summed E-state index contributed by atoms with van der Waals surface area (Å²) in [7, 11) is 0. The molecule has 0 aliphatic carbocycles. The van der Waals surface area contributed by atoms with Crippen molar-refractivity contribution < 1.29 is 13.6 Å². The molecule has 2 aromatic carbocycles. The average Bonchev–Trinajstić information content (AvgIpc) is 3.17. The maximum atomic E-state index is 14.7. The molecule has 0 radical (unpaired) electrons. The third-order valence-corrected chi connectivity index (χ3v) is 7.19. The number of halogens is 2. The van der Waals surface area contributed by atoms with Crippen LogP contribution < -0.4 is 0 Å². The van der Waals surface area contributed by atoms with Gasteiger partial charge in [-0.15, -0.1) is 0 Å². The van der Waals surface area contributed by atoms with E-state index >= 15 is 0 Å². The van der Waals surface area contributed by atoms with Gasteiger partial charge in [-0.2, -0.15) is 5.10 Å². The van der Waals surface area contributed by atoms with E-state index in [2.05, 4.69) is 37.1 Å². The first-order chi connectivity index (χ1) is 17.2. The van der Waals surface area contributed by atoms with Crippen LogP contribution in [0.5, 0.6) is 0 Å². The molecule has 1 amide bonds. The molecule has 186 valence electrons. The van der Waals surface area contributed by atoms with Crippen LogP contribution in [-0.4, -0.2) is 27.0 Å². The number of hydrogen-bond donors (Lipinski definition) is 0. The van der Waals surface area contributed by atoms with Gasteiger partial charge < -0.3 is 4.90 Å². The van der Waals surface area contributed by atoms with Crippen molar-refractivity contribution in [3.8, 4) is 11.1 Å². The molecule has 0 atom stereocenters. The number of aryl methyl sites for hydroxylation is 1. The second kappa shape index (κ2) is 9.16. The number of rotatable bonds is 4. The Bertz CT molecular complexity index is 1470. The highest BCUT2D eigenvalue weighted by Crippen LogP contribution is 2.35. The number of carbonyl (C=O) groups excluding carboxylic acids is 1. The van der Waals surface area contributed by atoms with E-state index in [0.29, 0.717) is 41.3 Å². The number of fused-ring (bicyclic) bond motifs is 2. The highest BCUT2D eigenvalue weighted by molar-refractivity contribution is 5.97. The Morgan fingerprint density at radius 1 is 0.917 bits per heavy atom. The Balaban J connectivity index is 1.57. The Morgan fingerprint density at radius 2 is 1.64 bits per heavy atom. The Kier molecular flexibility index (Phi) is 6.15. The van der Waals surface area contributed by atoms with Crippen molar-refractivity contribution in [1.29, 1.82) is 0 Å². The Labute approximate surface area is 210 Å². The molecule has 1 aliphatic heterocycles. The second-order valence-electron chi connectivity index (χ2n) is 10.3. The van der Waals surface area contributed by atoms with Crippen LogP contribution >= 0.6 is 0 Å². The highest BCUT2D eigenvalue weighted by atomic mass is 19.1. The summed E-state index contributed by atoms with van der Waals surface area (Å²) >= 11 is 0. The quantitative estimate of drug-likeness (QED) is 0.310. The molecule has 0 N–H and O–H groups in total. The molecule has 5 rings (SSSR count). The fourth-order valence-corrected chi connectivity index (χ4v) is 5.30. The van der Waals surface area contributed by atoms with Gasteiger partial charge in [-0.1, -0.05) is 52.0 Å². The maximum absolute atomic E-state index is 14.7. The van der Waals surface area contributed by atoms with Crippen LogP contribution in [0, 0.1) is 18.6 Å². The monoisotopic (exact) mass is 487 g/mol. The molecule has 3 heterocycles. The SMILES string of the molecule is Cc1nn2c(C(C)C)c(C(=O)N3CCc4cc(C(C)C)ccc4C3)ccc2c1-c1c(F)cccc1F. The number of carbonyl (C=O) groups is 1. The number of hydrogen-bond acceptors (Lipinski definition) is 2. The van der Waals surface area contributed by atoms with Crippen molar-refractivity contribution in [2.45, 2.75) is 59.4 Å². The van der Waals surface area contributed by atoms with Gasteiger partial charge in [-0.3, -0.25) is 4.79 Å². The van der Waals surface area contributed by atoms with E-state index in [1.165, 1.54) is 34.9 Å². The lowest BCUT2D eigenvalue weighted by Gasteiger charge is -2.30. The van der Waals surface area contributed by atoms with Gasteiger partial charge in [0.25, 0.3) is 5.91 Å². The summed E-state index contributed by atoms with van der Waals surface area (Å²) < 4.78 is 31.1. The van der Waals surface area contributed by atoms with E-state index < -0.39 is 11.6 Å². The van der Waals surface area contributed by atoms with Gasteiger partial charge in [-0.05, 0) is 66.1 Å². The molecule has 4 aromatic rings. The van der Waals surface area contributed by atoms with Gasteiger partial charge in [0.05, 0.1) is 28.0 Å². The standard InChI is InChI=1S/C30H31F2N3O/c1-17(2)20-9-10-22-16-34(14-13-21(22)15-20)30(36)23-11-12-26-27(28-24(31)7-6-8-25(28)32)19(5)33-35(26)29(23)18(3)4/h6-12,15,17-18H,13-14,16H2,1-5H3. The Hall–Kier alpha value is -3.54. The zero-order valence-electron chi connectivity index (χ0n) is 21.4. The molecule has 2 aromatic heterocycles. The third kappa shape index (κ3) is 3.98. The van der Waals surface area contributed by atoms with E-state index in [0.717, 1.165) is 12.1 Å². The number of benzene rings is 2. The lowest BCUT2D eigenvalue weighted by atomic mass is 9.92. The average molecular weight is 488 g/mol. The maximum Gasteiger partial charge on any atom is 0.256 e. The molecule has 0 unspecified atom stereocenters. The number of amides is 1.